The van der Waals surface area contributed by atoms with Crippen molar-refractivity contribution in [3.05, 3.63) is 83.9 Å². The highest BCUT2D eigenvalue weighted by Gasteiger charge is 2.30. The molecule has 47 heavy (non-hydrogen) atoms. The van der Waals surface area contributed by atoms with E-state index in [1.165, 1.54) is 91.2 Å². The molecule has 0 fully saturated rings. The highest BCUT2D eigenvalue weighted by atomic mass is 16.5. The van der Waals surface area contributed by atoms with Crippen LogP contribution in [0.5, 0.6) is 34.5 Å². The number of carbonyl (C=O) groups excluding carboxylic acids is 3. The van der Waals surface area contributed by atoms with Crippen molar-refractivity contribution < 1.29 is 42.8 Å². The number of nitrogens with one attached hydrogen (secondary N) is 3. The summed E-state index contributed by atoms with van der Waals surface area (Å²) in [4.78, 5) is 40.7. The molecule has 0 spiro atoms. The van der Waals surface area contributed by atoms with Crippen LogP contribution in [0.1, 0.15) is 21.8 Å². The van der Waals surface area contributed by atoms with Crippen LogP contribution in [-0.4, -0.2) is 60.4 Å². The third-order valence-electron chi connectivity index (χ3n) is 7.10. The number of nitrogens with two attached hydrogens (primary N) is 1. The van der Waals surface area contributed by atoms with Crippen LogP contribution >= 0.6 is 0 Å². The zero-order valence-electron chi connectivity index (χ0n) is 26.8. The molecular formula is C34H36N4O9. The zero-order valence-corrected chi connectivity index (χ0v) is 26.8. The molecule has 0 saturated heterocycles. The van der Waals surface area contributed by atoms with Crippen molar-refractivity contribution in [3.8, 4) is 34.5 Å². The fourth-order valence-electron chi connectivity index (χ4n) is 4.79. The van der Waals surface area contributed by atoms with E-state index in [9.17, 15) is 14.4 Å². The number of benzene rings is 4. The number of rotatable bonds is 13. The predicted octanol–water partition coefficient (Wildman–Crippen LogP) is 4.93. The number of ether oxygens (including phenoxy) is 6. The van der Waals surface area contributed by atoms with Crippen LogP contribution in [0, 0.1) is 0 Å². The Balaban J connectivity index is 1.69. The van der Waals surface area contributed by atoms with Crippen molar-refractivity contribution in [1.82, 2.24) is 0 Å². The van der Waals surface area contributed by atoms with E-state index in [0.717, 1.165) is 0 Å². The second kappa shape index (κ2) is 15.3. The van der Waals surface area contributed by atoms with Gasteiger partial charge in [0.05, 0.1) is 54.0 Å². The van der Waals surface area contributed by atoms with Gasteiger partial charge in [0.25, 0.3) is 5.91 Å². The summed E-state index contributed by atoms with van der Waals surface area (Å²) in [7, 11) is 8.70. The van der Waals surface area contributed by atoms with E-state index in [-0.39, 0.29) is 16.9 Å². The fraction of sp³-hybridized carbons (Fsp3) is 0.206. The van der Waals surface area contributed by atoms with Gasteiger partial charge >= 0.3 is 0 Å². The molecule has 0 heterocycles. The summed E-state index contributed by atoms with van der Waals surface area (Å²) in [5, 5.41) is 8.30. The quantitative estimate of drug-likeness (QED) is 0.116. The molecule has 4 rings (SSSR count). The van der Waals surface area contributed by atoms with Crippen LogP contribution in [0.25, 0.3) is 0 Å². The number of carbonyl (C=O) groups is 3. The van der Waals surface area contributed by atoms with Crippen molar-refractivity contribution in [2.45, 2.75) is 5.92 Å². The first-order valence-corrected chi connectivity index (χ1v) is 14.1. The van der Waals surface area contributed by atoms with Gasteiger partial charge in [0.1, 0.15) is 5.92 Å². The number of nitrogen functional groups attached to an aromatic ring is 1. The third-order valence-corrected chi connectivity index (χ3v) is 7.10. The van der Waals surface area contributed by atoms with Gasteiger partial charge in [-0.2, -0.15) is 0 Å². The van der Waals surface area contributed by atoms with Crippen molar-refractivity contribution in [2.75, 3.05) is 64.3 Å². The number of anilines is 4. The number of hydrogen-bond donors (Lipinski definition) is 4. The molecule has 0 radical (unpaired) electrons. The van der Waals surface area contributed by atoms with E-state index < -0.39 is 23.6 Å². The van der Waals surface area contributed by atoms with Gasteiger partial charge in [-0.05, 0) is 29.8 Å². The maximum absolute atomic E-state index is 13.9. The molecule has 0 unspecified atom stereocenters. The normalized spacial score (nSPS) is 10.4. The van der Waals surface area contributed by atoms with Crippen LogP contribution in [0.3, 0.4) is 0 Å². The van der Waals surface area contributed by atoms with E-state index in [2.05, 4.69) is 16.0 Å². The van der Waals surface area contributed by atoms with Crippen LogP contribution in [0.15, 0.2) is 72.8 Å². The van der Waals surface area contributed by atoms with Gasteiger partial charge in [-0.15, -0.1) is 0 Å². The van der Waals surface area contributed by atoms with Gasteiger partial charge in [-0.3, -0.25) is 14.4 Å². The summed E-state index contributed by atoms with van der Waals surface area (Å²) < 4.78 is 32.4. The predicted molar refractivity (Wildman–Crippen MR) is 177 cm³/mol. The molecule has 0 aliphatic carbocycles. The number of methoxy groups -OCH3 is 6. The van der Waals surface area contributed by atoms with Crippen molar-refractivity contribution in [3.63, 3.8) is 0 Å². The Hall–Kier alpha value is -6.11. The molecular weight excluding hydrogens is 608 g/mol. The molecule has 0 saturated carbocycles. The Morgan fingerprint density at radius 3 is 1.38 bits per heavy atom. The lowest BCUT2D eigenvalue weighted by molar-refractivity contribution is -0.125. The minimum atomic E-state index is -1.39. The second-order valence-electron chi connectivity index (χ2n) is 9.90. The number of amides is 3. The topological polar surface area (TPSA) is 169 Å². The van der Waals surface area contributed by atoms with E-state index in [1.54, 1.807) is 24.3 Å². The largest absolute Gasteiger partial charge is 0.493 e. The molecule has 0 atom stereocenters. The van der Waals surface area contributed by atoms with Gasteiger partial charge in [0.2, 0.25) is 23.3 Å². The standard InChI is InChI=1S/C34H36N4O9/c1-42-25-15-21(16-26(43-2)30(25)46-5)36-33(40)29(34(41)37-22-17-27(44-3)31(47-6)28(18-22)45-4)19-11-13-20(14-12-19)32(39)38-24-10-8-7-9-23(24)35/h7-18,29H,35H2,1-6H3,(H,36,40)(H,37,41)(H,38,39). The Kier molecular flexibility index (Phi) is 11.0. The van der Waals surface area contributed by atoms with Gasteiger partial charge in [0, 0.05) is 41.2 Å². The molecule has 13 heteroatoms. The highest BCUT2D eigenvalue weighted by Crippen LogP contribution is 2.41. The highest BCUT2D eigenvalue weighted by molar-refractivity contribution is 6.15. The molecule has 0 aliphatic rings. The van der Waals surface area contributed by atoms with E-state index in [0.29, 0.717) is 51.4 Å². The SMILES string of the molecule is COc1cc(NC(=O)C(C(=O)Nc2cc(OC)c(OC)c(OC)c2)c2ccc(C(=O)Nc3ccccc3N)cc2)cc(OC)c1OC. The summed E-state index contributed by atoms with van der Waals surface area (Å²) in [5.41, 5.74) is 7.97. The first-order valence-electron chi connectivity index (χ1n) is 14.1. The summed E-state index contributed by atoms with van der Waals surface area (Å²) in [6.45, 7) is 0. The molecule has 0 aliphatic heterocycles. The first kappa shape index (κ1) is 33.8. The molecule has 0 bridgehead atoms. The average Bonchev–Trinajstić information content (AvgIpc) is 3.08. The van der Waals surface area contributed by atoms with E-state index >= 15 is 0 Å². The van der Waals surface area contributed by atoms with Crippen LogP contribution in [0.4, 0.5) is 22.7 Å². The van der Waals surface area contributed by atoms with Gasteiger partial charge in [0.15, 0.2) is 23.0 Å². The van der Waals surface area contributed by atoms with Gasteiger partial charge in [-0.25, -0.2) is 0 Å². The Bertz CT molecular complexity index is 1630. The number of para-hydroxylation sites is 2. The minimum Gasteiger partial charge on any atom is -0.493 e. The maximum atomic E-state index is 13.9. The zero-order chi connectivity index (χ0) is 34.1. The summed E-state index contributed by atoms with van der Waals surface area (Å²) in [6, 6.07) is 19.1. The smallest absolute Gasteiger partial charge is 0.255 e. The summed E-state index contributed by atoms with van der Waals surface area (Å²) >= 11 is 0. The van der Waals surface area contributed by atoms with Crippen LogP contribution in [-0.2, 0) is 9.59 Å². The molecule has 4 aromatic rings. The van der Waals surface area contributed by atoms with Gasteiger partial charge < -0.3 is 50.1 Å². The Morgan fingerprint density at radius 2 is 1.00 bits per heavy atom. The lowest BCUT2D eigenvalue weighted by atomic mass is 9.95. The van der Waals surface area contributed by atoms with E-state index in [4.69, 9.17) is 34.2 Å². The molecule has 0 aromatic heterocycles. The van der Waals surface area contributed by atoms with Crippen LogP contribution < -0.4 is 50.1 Å². The lowest BCUT2D eigenvalue weighted by Gasteiger charge is -2.20. The molecule has 4 aromatic carbocycles. The monoisotopic (exact) mass is 644 g/mol. The van der Waals surface area contributed by atoms with Crippen molar-refractivity contribution >= 4 is 40.5 Å². The molecule has 5 N–H and O–H groups in total. The average molecular weight is 645 g/mol. The summed E-state index contributed by atoms with van der Waals surface area (Å²) in [5.74, 6) is -1.32. The Labute approximate surface area is 271 Å². The van der Waals surface area contributed by atoms with Crippen LogP contribution in [0.2, 0.25) is 0 Å². The molecule has 246 valence electrons. The molecule has 13 nitrogen and oxygen atoms in total. The fourth-order valence-corrected chi connectivity index (χ4v) is 4.79. The molecule has 3 amide bonds. The third kappa shape index (κ3) is 7.59. The van der Waals surface area contributed by atoms with E-state index in [1.807, 2.05) is 0 Å². The van der Waals surface area contributed by atoms with Crippen molar-refractivity contribution in [1.29, 1.82) is 0 Å². The first-order chi connectivity index (χ1) is 22.7. The number of hydrogen-bond acceptors (Lipinski definition) is 10. The Morgan fingerprint density at radius 1 is 0.574 bits per heavy atom. The minimum absolute atomic E-state index is 0.283. The second-order valence-corrected chi connectivity index (χ2v) is 9.90. The van der Waals surface area contributed by atoms with Gasteiger partial charge in [-0.1, -0.05) is 24.3 Å². The summed E-state index contributed by atoms with van der Waals surface area (Å²) in [6.07, 6.45) is 0. The maximum Gasteiger partial charge on any atom is 0.255 e. The lowest BCUT2D eigenvalue weighted by Crippen LogP contribution is -2.32. The van der Waals surface area contributed by atoms with Crippen molar-refractivity contribution in [2.24, 2.45) is 0 Å².